The first-order chi connectivity index (χ1) is 12.6. The monoisotopic (exact) mass is 386 g/mol. The molecule has 0 heterocycles. The third-order valence-corrected chi connectivity index (χ3v) is 4.63. The van der Waals surface area contributed by atoms with Crippen LogP contribution in [0.5, 0.6) is 0 Å². The Morgan fingerprint density at radius 3 is 2.04 bits per heavy atom. The number of nitrogens with one attached hydrogen (secondary N) is 2. The number of aliphatic carboxylic acids is 1. The molecule has 0 spiro atoms. The number of alkyl halides is 3. The van der Waals surface area contributed by atoms with Crippen LogP contribution in [0.15, 0.2) is 24.3 Å². The van der Waals surface area contributed by atoms with Gasteiger partial charge in [0, 0.05) is 5.56 Å². The maximum Gasteiger partial charge on any atom is 0.416 e. The number of carbonyl (C=O) groups is 3. The van der Waals surface area contributed by atoms with Gasteiger partial charge in [-0.1, -0.05) is 25.7 Å². The lowest BCUT2D eigenvalue weighted by atomic mass is 9.90. The van der Waals surface area contributed by atoms with Crippen molar-refractivity contribution in [2.75, 3.05) is 6.54 Å². The Labute approximate surface area is 154 Å². The van der Waals surface area contributed by atoms with Gasteiger partial charge in [-0.15, -0.1) is 0 Å². The molecule has 1 aromatic rings. The molecule has 0 unspecified atom stereocenters. The Bertz CT molecular complexity index is 694. The highest BCUT2D eigenvalue weighted by molar-refractivity contribution is 5.97. The van der Waals surface area contributed by atoms with Gasteiger partial charge in [0.2, 0.25) is 5.91 Å². The van der Waals surface area contributed by atoms with Crippen LogP contribution in [0.4, 0.5) is 13.2 Å². The molecule has 0 aliphatic heterocycles. The Kier molecular flexibility index (Phi) is 6.45. The van der Waals surface area contributed by atoms with Crippen molar-refractivity contribution in [3.05, 3.63) is 35.4 Å². The molecule has 148 valence electrons. The molecule has 3 N–H and O–H groups in total. The highest BCUT2D eigenvalue weighted by atomic mass is 19.4. The summed E-state index contributed by atoms with van der Waals surface area (Å²) in [6.07, 6.45) is -0.694. The fraction of sp³-hybridized carbons (Fsp3) is 0.500. The van der Waals surface area contributed by atoms with E-state index >= 15 is 0 Å². The summed E-state index contributed by atoms with van der Waals surface area (Å²) in [7, 11) is 0. The zero-order chi connectivity index (χ0) is 20.1. The molecule has 0 bridgehead atoms. The first-order valence-electron chi connectivity index (χ1n) is 8.64. The summed E-state index contributed by atoms with van der Waals surface area (Å²) < 4.78 is 37.6. The van der Waals surface area contributed by atoms with Crippen molar-refractivity contribution in [1.29, 1.82) is 0 Å². The highest BCUT2D eigenvalue weighted by Gasteiger charge is 2.40. The van der Waals surface area contributed by atoms with Gasteiger partial charge in [0.25, 0.3) is 5.91 Å². The molecule has 0 atom stereocenters. The average molecular weight is 386 g/mol. The number of rotatable bonds is 5. The lowest BCUT2D eigenvalue weighted by Gasteiger charge is -2.29. The van der Waals surface area contributed by atoms with Gasteiger partial charge in [0.05, 0.1) is 12.1 Å². The normalized spacial score (nSPS) is 16.9. The number of carboxylic acid groups (broad SMARTS) is 1. The molecule has 0 saturated heterocycles. The summed E-state index contributed by atoms with van der Waals surface area (Å²) in [6.45, 7) is -0.463. The van der Waals surface area contributed by atoms with E-state index in [1.807, 2.05) is 0 Å². The zero-order valence-corrected chi connectivity index (χ0v) is 14.6. The number of halogens is 3. The van der Waals surface area contributed by atoms with Gasteiger partial charge in [-0.2, -0.15) is 13.2 Å². The van der Waals surface area contributed by atoms with Crippen LogP contribution < -0.4 is 10.6 Å². The summed E-state index contributed by atoms with van der Waals surface area (Å²) in [5.41, 5.74) is -2.25. The predicted molar refractivity (Wildman–Crippen MR) is 90.0 cm³/mol. The summed E-state index contributed by atoms with van der Waals surface area (Å²) in [5, 5.41) is 14.3. The van der Waals surface area contributed by atoms with Crippen molar-refractivity contribution in [2.24, 2.45) is 0 Å². The molecule has 1 aliphatic carbocycles. The van der Waals surface area contributed by atoms with Crippen LogP contribution in [0.3, 0.4) is 0 Å². The number of benzene rings is 1. The third kappa shape index (κ3) is 5.45. The summed E-state index contributed by atoms with van der Waals surface area (Å²) in [5.74, 6) is -2.48. The largest absolute Gasteiger partial charge is 0.480 e. The van der Waals surface area contributed by atoms with Crippen LogP contribution in [0, 0.1) is 0 Å². The SMILES string of the molecule is O=C(CNC(=O)c1ccc(C(F)(F)F)cc1)NC1(C(=O)O)CCCCCC1. The van der Waals surface area contributed by atoms with E-state index in [-0.39, 0.29) is 5.56 Å². The van der Waals surface area contributed by atoms with E-state index in [4.69, 9.17) is 0 Å². The quantitative estimate of drug-likeness (QED) is 0.678. The van der Waals surface area contributed by atoms with Crippen LogP contribution >= 0.6 is 0 Å². The van der Waals surface area contributed by atoms with E-state index in [0.717, 1.165) is 37.1 Å². The van der Waals surface area contributed by atoms with E-state index in [1.165, 1.54) is 0 Å². The summed E-state index contributed by atoms with van der Waals surface area (Å²) in [4.78, 5) is 35.7. The molecule has 1 aromatic carbocycles. The maximum absolute atomic E-state index is 12.5. The second kappa shape index (κ2) is 8.41. The summed E-state index contributed by atoms with van der Waals surface area (Å²) in [6, 6.07) is 3.58. The van der Waals surface area contributed by atoms with E-state index in [2.05, 4.69) is 10.6 Å². The molecule has 27 heavy (non-hydrogen) atoms. The van der Waals surface area contributed by atoms with Crippen LogP contribution in [0.25, 0.3) is 0 Å². The molecule has 1 fully saturated rings. The fourth-order valence-electron chi connectivity index (χ4n) is 3.11. The molecule has 6 nitrogen and oxygen atoms in total. The number of hydrogen-bond acceptors (Lipinski definition) is 3. The topological polar surface area (TPSA) is 95.5 Å². The van der Waals surface area contributed by atoms with Gasteiger partial charge in [-0.05, 0) is 37.1 Å². The minimum absolute atomic E-state index is 0.0294. The summed E-state index contributed by atoms with van der Waals surface area (Å²) >= 11 is 0. The van der Waals surface area contributed by atoms with Crippen LogP contribution in [-0.2, 0) is 15.8 Å². The van der Waals surface area contributed by atoms with Crippen LogP contribution in [-0.4, -0.2) is 35.0 Å². The van der Waals surface area contributed by atoms with Gasteiger partial charge >= 0.3 is 12.1 Å². The second-order valence-corrected chi connectivity index (χ2v) is 6.61. The molecule has 2 rings (SSSR count). The van der Waals surface area contributed by atoms with Crippen molar-refractivity contribution < 1.29 is 32.7 Å². The van der Waals surface area contributed by atoms with Crippen molar-refractivity contribution >= 4 is 17.8 Å². The zero-order valence-electron chi connectivity index (χ0n) is 14.6. The maximum atomic E-state index is 12.5. The second-order valence-electron chi connectivity index (χ2n) is 6.61. The fourth-order valence-corrected chi connectivity index (χ4v) is 3.11. The van der Waals surface area contributed by atoms with E-state index < -0.39 is 41.6 Å². The van der Waals surface area contributed by atoms with E-state index in [0.29, 0.717) is 25.7 Å². The lowest BCUT2D eigenvalue weighted by Crippen LogP contribution is -2.56. The van der Waals surface area contributed by atoms with Crippen LogP contribution in [0.1, 0.15) is 54.4 Å². The highest BCUT2D eigenvalue weighted by Crippen LogP contribution is 2.29. The minimum atomic E-state index is -4.50. The van der Waals surface area contributed by atoms with Gasteiger partial charge in [0.15, 0.2) is 0 Å². The third-order valence-electron chi connectivity index (χ3n) is 4.63. The molecule has 9 heteroatoms. The van der Waals surface area contributed by atoms with Crippen molar-refractivity contribution in [3.8, 4) is 0 Å². The van der Waals surface area contributed by atoms with Gasteiger partial charge in [0.1, 0.15) is 5.54 Å². The van der Waals surface area contributed by atoms with Crippen molar-refractivity contribution in [1.82, 2.24) is 10.6 Å². The Morgan fingerprint density at radius 2 is 1.56 bits per heavy atom. The van der Waals surface area contributed by atoms with Crippen molar-refractivity contribution in [3.63, 3.8) is 0 Å². The first kappa shape index (κ1) is 20.7. The molecule has 0 radical (unpaired) electrons. The molecule has 0 aromatic heterocycles. The van der Waals surface area contributed by atoms with Crippen LogP contribution in [0.2, 0.25) is 0 Å². The van der Waals surface area contributed by atoms with E-state index in [1.54, 1.807) is 0 Å². The molecular formula is C18H21F3N2O4. The molecule has 2 amide bonds. The first-order valence-corrected chi connectivity index (χ1v) is 8.64. The number of amides is 2. The lowest BCUT2D eigenvalue weighted by molar-refractivity contribution is -0.148. The minimum Gasteiger partial charge on any atom is -0.480 e. The Morgan fingerprint density at radius 1 is 1.00 bits per heavy atom. The molecule has 1 aliphatic rings. The Hall–Kier alpha value is -2.58. The molecular weight excluding hydrogens is 365 g/mol. The Balaban J connectivity index is 1.94. The van der Waals surface area contributed by atoms with Gasteiger partial charge < -0.3 is 15.7 Å². The van der Waals surface area contributed by atoms with Gasteiger partial charge in [-0.25, -0.2) is 4.79 Å². The molecule has 1 saturated carbocycles. The van der Waals surface area contributed by atoms with Gasteiger partial charge in [-0.3, -0.25) is 9.59 Å². The van der Waals surface area contributed by atoms with E-state index in [9.17, 15) is 32.7 Å². The standard InChI is InChI=1S/C18H21F3N2O4/c19-18(20,21)13-7-5-12(6-8-13)15(25)22-11-14(24)23-17(16(26)27)9-3-1-2-4-10-17/h5-8H,1-4,9-11H2,(H,22,25)(H,23,24)(H,26,27). The number of carboxylic acids is 1. The smallest absolute Gasteiger partial charge is 0.416 e. The number of hydrogen-bond donors (Lipinski definition) is 3. The average Bonchev–Trinajstić information content (AvgIpc) is 2.85. The predicted octanol–water partition coefficient (Wildman–Crippen LogP) is 2.73. The number of carbonyl (C=O) groups excluding carboxylic acids is 2. The van der Waals surface area contributed by atoms with Crippen molar-refractivity contribution in [2.45, 2.75) is 50.2 Å².